The summed E-state index contributed by atoms with van der Waals surface area (Å²) in [6, 6.07) is 7.91. The molecule has 1 aromatic heterocycles. The smallest absolute Gasteiger partial charge is 0.247 e. The number of fused-ring (bicyclic) bond motifs is 2. The molecule has 1 saturated carbocycles. The zero-order chi connectivity index (χ0) is 23.7. The molecule has 0 bridgehead atoms. The fraction of sp³-hybridized carbons (Fsp3) is 0.320. The van der Waals surface area contributed by atoms with E-state index in [1.54, 1.807) is 18.2 Å². The van der Waals surface area contributed by atoms with Crippen LogP contribution in [0.15, 0.2) is 49.3 Å². The second-order valence-corrected chi connectivity index (χ2v) is 9.17. The van der Waals surface area contributed by atoms with Crippen LogP contribution < -0.4 is 20.7 Å². The summed E-state index contributed by atoms with van der Waals surface area (Å²) in [7, 11) is 0. The number of aromatic nitrogens is 2. The van der Waals surface area contributed by atoms with E-state index >= 15 is 0 Å². The van der Waals surface area contributed by atoms with Crippen molar-refractivity contribution in [3.8, 4) is 5.75 Å². The van der Waals surface area contributed by atoms with Crippen molar-refractivity contribution in [2.24, 2.45) is 17.8 Å². The lowest BCUT2D eigenvalue weighted by Gasteiger charge is -2.20. The molecule has 3 N–H and O–H groups in total. The molecule has 2 aromatic carbocycles. The first-order valence-electron chi connectivity index (χ1n) is 11.3. The van der Waals surface area contributed by atoms with Gasteiger partial charge in [-0.3, -0.25) is 4.79 Å². The minimum atomic E-state index is -0.502. The van der Waals surface area contributed by atoms with E-state index in [-0.39, 0.29) is 10.9 Å². The van der Waals surface area contributed by atoms with Gasteiger partial charge < -0.3 is 20.7 Å². The maximum atomic E-state index is 13.5. The molecule has 1 saturated heterocycles. The predicted molar refractivity (Wildman–Crippen MR) is 131 cm³/mol. The summed E-state index contributed by atoms with van der Waals surface area (Å²) in [6.45, 7) is 6.24. The van der Waals surface area contributed by atoms with Crippen molar-refractivity contribution in [3.05, 3.63) is 60.2 Å². The van der Waals surface area contributed by atoms with Gasteiger partial charge in [0.2, 0.25) is 5.91 Å². The highest BCUT2D eigenvalue weighted by Crippen LogP contribution is 2.40. The van der Waals surface area contributed by atoms with Gasteiger partial charge in [-0.25, -0.2) is 14.4 Å². The van der Waals surface area contributed by atoms with E-state index in [0.717, 1.165) is 25.4 Å². The van der Waals surface area contributed by atoms with Gasteiger partial charge in [0.25, 0.3) is 0 Å². The summed E-state index contributed by atoms with van der Waals surface area (Å²) in [5.74, 6) is 2.03. The first-order chi connectivity index (χ1) is 16.5. The highest BCUT2D eigenvalue weighted by molar-refractivity contribution is 6.31. The molecule has 9 heteroatoms. The van der Waals surface area contributed by atoms with Crippen molar-refractivity contribution in [1.82, 2.24) is 15.3 Å². The molecule has 5 rings (SSSR count). The van der Waals surface area contributed by atoms with Crippen LogP contribution in [0.4, 0.5) is 21.6 Å². The van der Waals surface area contributed by atoms with E-state index in [1.807, 2.05) is 0 Å². The third-order valence-corrected chi connectivity index (χ3v) is 7.01. The van der Waals surface area contributed by atoms with Crippen molar-refractivity contribution in [3.63, 3.8) is 0 Å². The van der Waals surface area contributed by atoms with E-state index in [2.05, 4.69) is 32.5 Å². The van der Waals surface area contributed by atoms with E-state index in [1.165, 1.54) is 31.0 Å². The Balaban J connectivity index is 1.45. The number of hydrogen-bond donors (Lipinski definition) is 3. The lowest BCUT2D eigenvalue weighted by atomic mass is 9.93. The highest BCUT2D eigenvalue weighted by Gasteiger charge is 2.39. The maximum absolute atomic E-state index is 13.5. The SMILES string of the molecule is C=CC(=O)Nc1cc2c(Nc3ccc(F)c(Cl)c3)ncnc2cc1OCC1CCC2CNCC21. The van der Waals surface area contributed by atoms with Gasteiger partial charge in [0.1, 0.15) is 23.7 Å². The van der Waals surface area contributed by atoms with Crippen LogP contribution in [0.25, 0.3) is 10.9 Å². The summed E-state index contributed by atoms with van der Waals surface area (Å²) in [4.78, 5) is 20.9. The van der Waals surface area contributed by atoms with E-state index in [4.69, 9.17) is 16.3 Å². The van der Waals surface area contributed by atoms with Gasteiger partial charge in [-0.2, -0.15) is 0 Å². The number of nitrogens with zero attached hydrogens (tertiary/aromatic N) is 2. The first-order valence-corrected chi connectivity index (χ1v) is 11.7. The summed E-state index contributed by atoms with van der Waals surface area (Å²) >= 11 is 5.91. The number of nitrogens with one attached hydrogen (secondary N) is 3. The van der Waals surface area contributed by atoms with Gasteiger partial charge in [0, 0.05) is 17.1 Å². The summed E-state index contributed by atoms with van der Waals surface area (Å²) in [5.41, 5.74) is 1.72. The largest absolute Gasteiger partial charge is 0.491 e. The molecule has 3 unspecified atom stereocenters. The third kappa shape index (κ3) is 4.56. The Kier molecular flexibility index (Phi) is 6.34. The highest BCUT2D eigenvalue weighted by atomic mass is 35.5. The average Bonchev–Trinajstić information content (AvgIpc) is 3.45. The van der Waals surface area contributed by atoms with Crippen LogP contribution in [0.5, 0.6) is 5.75 Å². The number of benzene rings is 2. The number of anilines is 3. The Morgan fingerprint density at radius 3 is 2.97 bits per heavy atom. The van der Waals surface area contributed by atoms with E-state index in [9.17, 15) is 9.18 Å². The molecule has 0 spiro atoms. The van der Waals surface area contributed by atoms with Crippen LogP contribution >= 0.6 is 11.6 Å². The number of carbonyl (C=O) groups is 1. The molecular formula is C25H25ClFN5O2. The van der Waals surface area contributed by atoms with Crippen LogP contribution in [-0.4, -0.2) is 35.6 Å². The van der Waals surface area contributed by atoms with Crippen molar-refractivity contribution >= 4 is 45.6 Å². The van der Waals surface area contributed by atoms with Gasteiger partial charge in [0.05, 0.1) is 22.8 Å². The van der Waals surface area contributed by atoms with Crippen molar-refractivity contribution in [1.29, 1.82) is 0 Å². The molecule has 0 radical (unpaired) electrons. The van der Waals surface area contributed by atoms with Crippen LogP contribution in [0.1, 0.15) is 12.8 Å². The fourth-order valence-electron chi connectivity index (χ4n) is 4.96. The van der Waals surface area contributed by atoms with Gasteiger partial charge in [-0.1, -0.05) is 18.2 Å². The molecule has 2 aliphatic rings. The number of halogens is 2. The number of rotatable bonds is 7. The first kappa shape index (κ1) is 22.6. The lowest BCUT2D eigenvalue weighted by molar-refractivity contribution is -0.111. The minimum Gasteiger partial charge on any atom is -0.491 e. The predicted octanol–water partition coefficient (Wildman–Crippen LogP) is 4.91. The van der Waals surface area contributed by atoms with Gasteiger partial charge in [-0.15, -0.1) is 0 Å². The molecule has 2 heterocycles. The maximum Gasteiger partial charge on any atom is 0.247 e. The van der Waals surface area contributed by atoms with E-state index in [0.29, 0.717) is 52.3 Å². The number of amides is 1. The summed E-state index contributed by atoms with van der Waals surface area (Å²) in [6.07, 6.45) is 5.02. The molecule has 1 aliphatic carbocycles. The lowest BCUT2D eigenvalue weighted by Crippen LogP contribution is -2.22. The number of carbonyl (C=O) groups excluding carboxylic acids is 1. The third-order valence-electron chi connectivity index (χ3n) is 6.72. The van der Waals surface area contributed by atoms with Gasteiger partial charge >= 0.3 is 0 Å². The second kappa shape index (κ2) is 9.56. The Morgan fingerprint density at radius 1 is 1.26 bits per heavy atom. The standard InChI is InChI=1S/C25H25ClFN5O2/c1-2-24(33)32-22-8-17-21(9-23(22)34-12-15-4-3-14-10-28-11-18(14)15)29-13-30-25(17)31-16-5-6-20(27)19(26)7-16/h2,5-9,13-15,18,28H,1,3-4,10-12H2,(H,32,33)(H,29,30,31). The topological polar surface area (TPSA) is 88.2 Å². The van der Waals surface area contributed by atoms with Crippen LogP contribution in [0.2, 0.25) is 5.02 Å². The van der Waals surface area contributed by atoms with Gasteiger partial charge in [0.15, 0.2) is 0 Å². The van der Waals surface area contributed by atoms with Crippen LogP contribution in [-0.2, 0) is 4.79 Å². The van der Waals surface area contributed by atoms with Crippen molar-refractivity contribution in [2.45, 2.75) is 12.8 Å². The molecule has 7 nitrogen and oxygen atoms in total. The van der Waals surface area contributed by atoms with Crippen LogP contribution in [0, 0.1) is 23.6 Å². The average molecular weight is 482 g/mol. The summed E-state index contributed by atoms with van der Waals surface area (Å²) in [5, 5.41) is 10.1. The quantitative estimate of drug-likeness (QED) is 0.415. The molecule has 3 aromatic rings. The van der Waals surface area contributed by atoms with Crippen molar-refractivity contribution < 1.29 is 13.9 Å². The Labute approximate surface area is 201 Å². The summed E-state index contributed by atoms with van der Waals surface area (Å²) < 4.78 is 19.8. The Bertz CT molecular complexity index is 1250. The second-order valence-electron chi connectivity index (χ2n) is 8.77. The molecule has 176 valence electrons. The molecule has 2 fully saturated rings. The Hall–Kier alpha value is -3.23. The van der Waals surface area contributed by atoms with Crippen LogP contribution in [0.3, 0.4) is 0 Å². The normalized spacial score (nSPS) is 21.3. The fourth-order valence-corrected chi connectivity index (χ4v) is 5.14. The molecule has 1 amide bonds. The molecule has 3 atom stereocenters. The molecular weight excluding hydrogens is 457 g/mol. The number of hydrogen-bond acceptors (Lipinski definition) is 6. The van der Waals surface area contributed by atoms with Gasteiger partial charge in [-0.05, 0) is 74.0 Å². The monoisotopic (exact) mass is 481 g/mol. The molecule has 1 aliphatic heterocycles. The zero-order valence-electron chi connectivity index (χ0n) is 18.5. The molecule has 34 heavy (non-hydrogen) atoms. The number of ether oxygens (including phenoxy) is 1. The van der Waals surface area contributed by atoms with E-state index < -0.39 is 5.82 Å². The zero-order valence-corrected chi connectivity index (χ0v) is 19.2. The Morgan fingerprint density at radius 2 is 2.15 bits per heavy atom. The van der Waals surface area contributed by atoms with Crippen molar-refractivity contribution in [2.75, 3.05) is 30.3 Å². The minimum absolute atomic E-state index is 0.00426.